The van der Waals surface area contributed by atoms with Crippen molar-refractivity contribution in [2.75, 3.05) is 13.1 Å². The van der Waals surface area contributed by atoms with E-state index in [2.05, 4.69) is 4.98 Å². The first-order chi connectivity index (χ1) is 10.7. The Labute approximate surface area is 128 Å². The fraction of sp³-hybridized carbons (Fsp3) is 0.294. The number of piperidine rings is 1. The zero-order valence-electron chi connectivity index (χ0n) is 12.0. The van der Waals surface area contributed by atoms with Gasteiger partial charge in [-0.25, -0.2) is 9.37 Å². The van der Waals surface area contributed by atoms with Gasteiger partial charge in [-0.3, -0.25) is 4.79 Å². The number of β-amino-alcohol motifs (C(OH)–C–C–N with tert-alkyl or cyclic N) is 1. The Balaban J connectivity index is 1.73. The Morgan fingerprint density at radius 3 is 2.68 bits per heavy atom. The quantitative estimate of drug-likeness (QED) is 0.925. The molecule has 5 heteroatoms. The number of aromatic nitrogens is 1. The molecular weight excluding hydrogens is 283 g/mol. The Morgan fingerprint density at radius 2 is 2.00 bits per heavy atom. The maximum atomic E-state index is 13.7. The highest BCUT2D eigenvalue weighted by Gasteiger charge is 2.32. The van der Waals surface area contributed by atoms with E-state index in [0.717, 1.165) is 5.56 Å². The molecule has 2 aromatic rings. The van der Waals surface area contributed by atoms with E-state index in [0.29, 0.717) is 13.0 Å². The van der Waals surface area contributed by atoms with Gasteiger partial charge < -0.3 is 10.0 Å². The predicted octanol–water partition coefficient (Wildman–Crippen LogP) is 2.21. The van der Waals surface area contributed by atoms with Gasteiger partial charge in [0.15, 0.2) is 11.5 Å². The van der Waals surface area contributed by atoms with Gasteiger partial charge in [0.1, 0.15) is 0 Å². The van der Waals surface area contributed by atoms with E-state index in [-0.39, 0.29) is 18.2 Å². The molecule has 22 heavy (non-hydrogen) atoms. The summed E-state index contributed by atoms with van der Waals surface area (Å²) in [5, 5.41) is 10.3. The minimum Gasteiger partial charge on any atom is -0.391 e. The molecule has 0 spiro atoms. The third-order valence-electron chi connectivity index (χ3n) is 4.06. The van der Waals surface area contributed by atoms with Gasteiger partial charge in [0, 0.05) is 25.2 Å². The number of carbonyl (C=O) groups is 1. The smallest absolute Gasteiger partial charge is 0.275 e. The maximum absolute atomic E-state index is 13.7. The molecule has 0 aliphatic carbocycles. The first-order valence-corrected chi connectivity index (χ1v) is 7.29. The normalized spacial score (nSPS) is 21.6. The van der Waals surface area contributed by atoms with Crippen LogP contribution in [-0.2, 0) is 0 Å². The van der Waals surface area contributed by atoms with Gasteiger partial charge in [-0.05, 0) is 24.1 Å². The van der Waals surface area contributed by atoms with Gasteiger partial charge in [-0.15, -0.1) is 0 Å². The molecule has 2 heterocycles. The molecule has 0 bridgehead atoms. The summed E-state index contributed by atoms with van der Waals surface area (Å²) >= 11 is 0. The molecule has 0 radical (unpaired) electrons. The molecular formula is C17H17FN2O2. The number of rotatable bonds is 2. The molecule has 1 amide bonds. The lowest BCUT2D eigenvalue weighted by atomic mass is 9.87. The number of halogens is 1. The van der Waals surface area contributed by atoms with Crippen molar-refractivity contribution in [1.82, 2.24) is 9.88 Å². The van der Waals surface area contributed by atoms with Crippen LogP contribution >= 0.6 is 0 Å². The summed E-state index contributed by atoms with van der Waals surface area (Å²) in [6.45, 7) is 0.667. The minimum atomic E-state index is -0.660. The van der Waals surface area contributed by atoms with Crippen molar-refractivity contribution in [3.8, 4) is 0 Å². The Bertz CT molecular complexity index is 663. The summed E-state index contributed by atoms with van der Waals surface area (Å²) in [5.74, 6) is -1.10. The molecule has 1 fully saturated rings. The monoisotopic (exact) mass is 300 g/mol. The van der Waals surface area contributed by atoms with Crippen molar-refractivity contribution in [3.63, 3.8) is 0 Å². The van der Waals surface area contributed by atoms with E-state index in [1.54, 1.807) is 0 Å². The molecule has 1 aromatic carbocycles. The van der Waals surface area contributed by atoms with Crippen molar-refractivity contribution >= 4 is 5.91 Å². The van der Waals surface area contributed by atoms with Crippen LogP contribution in [-0.4, -0.2) is 40.1 Å². The third-order valence-corrected chi connectivity index (χ3v) is 4.06. The molecule has 1 N–H and O–H groups in total. The summed E-state index contributed by atoms with van der Waals surface area (Å²) in [7, 11) is 0. The molecule has 1 aromatic heterocycles. The molecule has 0 unspecified atom stereocenters. The lowest BCUT2D eigenvalue weighted by Crippen LogP contribution is -2.46. The SMILES string of the molecule is O=C(c1ncccc1F)N1CC[C@@H](c2ccccc2)[C@H](O)C1. The predicted molar refractivity (Wildman–Crippen MR) is 79.9 cm³/mol. The summed E-state index contributed by atoms with van der Waals surface area (Å²) in [4.78, 5) is 17.6. The van der Waals surface area contributed by atoms with Crippen LogP contribution in [0.4, 0.5) is 4.39 Å². The van der Waals surface area contributed by atoms with Gasteiger partial charge in [-0.1, -0.05) is 30.3 Å². The van der Waals surface area contributed by atoms with E-state index >= 15 is 0 Å². The van der Waals surface area contributed by atoms with Crippen LogP contribution in [0.2, 0.25) is 0 Å². The maximum Gasteiger partial charge on any atom is 0.275 e. The van der Waals surface area contributed by atoms with E-state index in [4.69, 9.17) is 0 Å². The summed E-state index contributed by atoms with van der Waals surface area (Å²) in [5.41, 5.74) is 0.874. The lowest BCUT2D eigenvalue weighted by molar-refractivity contribution is 0.0374. The van der Waals surface area contributed by atoms with Gasteiger partial charge in [0.2, 0.25) is 0 Å². The average molecular weight is 300 g/mol. The fourth-order valence-corrected chi connectivity index (χ4v) is 2.90. The molecule has 1 aliphatic heterocycles. The number of carbonyl (C=O) groups excluding carboxylic acids is 1. The molecule has 1 aliphatic rings. The topological polar surface area (TPSA) is 53.4 Å². The second kappa shape index (κ2) is 6.23. The number of nitrogens with zero attached hydrogens (tertiary/aromatic N) is 2. The molecule has 114 valence electrons. The van der Waals surface area contributed by atoms with Crippen LogP contribution in [0.15, 0.2) is 48.7 Å². The second-order valence-electron chi connectivity index (χ2n) is 5.46. The van der Waals surface area contributed by atoms with Gasteiger partial charge in [0.25, 0.3) is 5.91 Å². The van der Waals surface area contributed by atoms with Crippen molar-refractivity contribution in [2.24, 2.45) is 0 Å². The highest BCUT2D eigenvalue weighted by atomic mass is 19.1. The average Bonchev–Trinajstić information content (AvgIpc) is 2.55. The molecule has 0 saturated carbocycles. The number of amides is 1. The number of hydrogen-bond acceptors (Lipinski definition) is 3. The Hall–Kier alpha value is -2.27. The molecule has 2 atom stereocenters. The highest BCUT2D eigenvalue weighted by molar-refractivity contribution is 5.92. The number of pyridine rings is 1. The van der Waals surface area contributed by atoms with Crippen molar-refractivity contribution < 1.29 is 14.3 Å². The van der Waals surface area contributed by atoms with E-state index in [9.17, 15) is 14.3 Å². The van der Waals surface area contributed by atoms with Crippen LogP contribution < -0.4 is 0 Å². The van der Waals surface area contributed by atoms with Crippen LogP contribution in [0, 0.1) is 5.82 Å². The number of hydrogen-bond donors (Lipinski definition) is 1. The van der Waals surface area contributed by atoms with Crippen LogP contribution in [0.1, 0.15) is 28.4 Å². The second-order valence-corrected chi connectivity index (χ2v) is 5.46. The largest absolute Gasteiger partial charge is 0.391 e. The zero-order chi connectivity index (χ0) is 15.5. The molecule has 4 nitrogen and oxygen atoms in total. The summed E-state index contributed by atoms with van der Waals surface area (Å²) < 4.78 is 13.7. The van der Waals surface area contributed by atoms with Crippen molar-refractivity contribution in [2.45, 2.75) is 18.4 Å². The lowest BCUT2D eigenvalue weighted by Gasteiger charge is -2.36. The van der Waals surface area contributed by atoms with E-state index in [1.165, 1.54) is 23.2 Å². The Morgan fingerprint density at radius 1 is 1.23 bits per heavy atom. The number of likely N-dealkylation sites (tertiary alicyclic amines) is 1. The first kappa shape index (κ1) is 14.7. The minimum absolute atomic E-state index is 0.00108. The highest BCUT2D eigenvalue weighted by Crippen LogP contribution is 2.28. The Kier molecular flexibility index (Phi) is 4.15. The molecule has 3 rings (SSSR count). The van der Waals surface area contributed by atoms with Gasteiger partial charge >= 0.3 is 0 Å². The van der Waals surface area contributed by atoms with Crippen molar-refractivity contribution in [3.05, 3.63) is 65.7 Å². The number of aliphatic hydroxyl groups excluding tert-OH is 1. The summed E-state index contributed by atoms with van der Waals surface area (Å²) in [6.07, 6.45) is 1.38. The van der Waals surface area contributed by atoms with Crippen LogP contribution in [0.3, 0.4) is 0 Å². The zero-order valence-corrected chi connectivity index (χ0v) is 12.0. The van der Waals surface area contributed by atoms with Crippen LogP contribution in [0.5, 0.6) is 0 Å². The van der Waals surface area contributed by atoms with Crippen LogP contribution in [0.25, 0.3) is 0 Å². The fourth-order valence-electron chi connectivity index (χ4n) is 2.90. The number of aliphatic hydroxyl groups is 1. The van der Waals surface area contributed by atoms with Crippen molar-refractivity contribution in [1.29, 1.82) is 0 Å². The number of benzene rings is 1. The third kappa shape index (κ3) is 2.85. The summed E-state index contributed by atoms with van der Waals surface area (Å²) in [6, 6.07) is 12.4. The van der Waals surface area contributed by atoms with Gasteiger partial charge in [0.05, 0.1) is 6.10 Å². The first-order valence-electron chi connectivity index (χ1n) is 7.29. The van der Waals surface area contributed by atoms with E-state index in [1.807, 2.05) is 30.3 Å². The standard InChI is InChI=1S/C17H17FN2O2/c18-14-7-4-9-19-16(14)17(22)20-10-8-13(15(21)11-20)12-5-2-1-3-6-12/h1-7,9,13,15,21H,8,10-11H2/t13-,15+/m0/s1. The van der Waals surface area contributed by atoms with Gasteiger partial charge in [-0.2, -0.15) is 0 Å². The van der Waals surface area contributed by atoms with E-state index < -0.39 is 17.8 Å². The molecule has 1 saturated heterocycles.